The molecule has 41 heavy (non-hydrogen) atoms. The molecule has 1 heterocycles. The number of carbonyl (C=O) groups is 3. The fraction of sp³-hybridized carbons (Fsp3) is 0.258. The average Bonchev–Trinajstić information content (AvgIpc) is 3.21. The van der Waals surface area contributed by atoms with Gasteiger partial charge in [-0.1, -0.05) is 26.0 Å². The maximum absolute atomic E-state index is 13.1. The molecule has 1 aliphatic rings. The van der Waals surface area contributed by atoms with Gasteiger partial charge in [0.05, 0.1) is 35.7 Å². The summed E-state index contributed by atoms with van der Waals surface area (Å²) >= 11 is 4.30. The highest BCUT2D eigenvalue weighted by Gasteiger charge is 2.35. The Kier molecular flexibility index (Phi) is 9.77. The third-order valence-electron chi connectivity index (χ3n) is 6.31. The molecule has 4 rings (SSSR count). The van der Waals surface area contributed by atoms with E-state index < -0.39 is 11.9 Å². The molecule has 0 bridgehead atoms. The Hall–Kier alpha value is -3.76. The molecule has 2 amide bonds. The number of imide groups is 1. The Labute approximate surface area is 251 Å². The molecule has 0 radical (unpaired) electrons. The van der Waals surface area contributed by atoms with Gasteiger partial charge in [0.1, 0.15) is 18.1 Å². The molecule has 0 atom stereocenters. The van der Waals surface area contributed by atoms with E-state index >= 15 is 0 Å². The first-order chi connectivity index (χ1) is 19.6. The van der Waals surface area contributed by atoms with Gasteiger partial charge in [0.2, 0.25) is 0 Å². The lowest BCUT2D eigenvalue weighted by Gasteiger charge is -2.17. The smallest absolute Gasteiger partial charge is 0.343 e. The fourth-order valence-corrected chi connectivity index (χ4v) is 5.54. The van der Waals surface area contributed by atoms with Crippen LogP contribution in [-0.4, -0.2) is 49.4 Å². The number of methoxy groups -OCH3 is 2. The molecule has 3 aromatic carbocycles. The summed E-state index contributed by atoms with van der Waals surface area (Å²) in [6, 6.07) is 15.9. The fourth-order valence-electron chi connectivity index (χ4n) is 4.14. The summed E-state index contributed by atoms with van der Waals surface area (Å²) in [7, 11) is 2.99. The number of hydrogen-bond donors (Lipinski definition) is 0. The Morgan fingerprint density at radius 3 is 2.39 bits per heavy atom. The number of thioether (sulfide) groups is 1. The minimum atomic E-state index is -0.575. The standard InChI is InChI=1S/C31H30BrNO7S/c1-18(2)23-11-6-19(3)14-25(23)39-13-12-33-29(34)27(41-31(33)36)17-20-15-24(32)28(26(16-20)38-5)40-30(35)21-7-9-22(37-4)10-8-21/h6-11,14-18H,12-13H2,1-5H3/b27-17-. The van der Waals surface area contributed by atoms with E-state index in [2.05, 4.69) is 29.8 Å². The van der Waals surface area contributed by atoms with Crippen molar-refractivity contribution in [3.8, 4) is 23.0 Å². The van der Waals surface area contributed by atoms with Crippen LogP contribution in [0, 0.1) is 6.92 Å². The van der Waals surface area contributed by atoms with Crippen molar-refractivity contribution in [2.24, 2.45) is 0 Å². The lowest BCUT2D eigenvalue weighted by molar-refractivity contribution is -0.123. The molecule has 0 unspecified atom stereocenters. The minimum Gasteiger partial charge on any atom is -0.497 e. The molecule has 0 aromatic heterocycles. The van der Waals surface area contributed by atoms with Gasteiger partial charge in [-0.3, -0.25) is 14.5 Å². The second-order valence-corrected chi connectivity index (χ2v) is 11.4. The van der Waals surface area contributed by atoms with Crippen molar-refractivity contribution in [3.05, 3.63) is 86.2 Å². The largest absolute Gasteiger partial charge is 0.497 e. The number of aryl methyl sites for hydroxylation is 1. The molecule has 3 aromatic rings. The van der Waals surface area contributed by atoms with Crippen molar-refractivity contribution in [2.75, 3.05) is 27.4 Å². The quantitative estimate of drug-likeness (QED) is 0.130. The van der Waals surface area contributed by atoms with E-state index in [-0.39, 0.29) is 40.7 Å². The molecule has 0 N–H and O–H groups in total. The van der Waals surface area contributed by atoms with Gasteiger partial charge in [-0.05, 0) is 106 Å². The molecule has 0 spiro atoms. The number of rotatable bonds is 10. The van der Waals surface area contributed by atoms with E-state index in [1.165, 1.54) is 12.0 Å². The van der Waals surface area contributed by atoms with Crippen molar-refractivity contribution < 1.29 is 33.3 Å². The molecule has 214 valence electrons. The number of ether oxygens (including phenoxy) is 4. The number of benzene rings is 3. The van der Waals surface area contributed by atoms with E-state index in [1.54, 1.807) is 49.6 Å². The van der Waals surface area contributed by atoms with Crippen LogP contribution in [0.5, 0.6) is 23.0 Å². The van der Waals surface area contributed by atoms with Crippen molar-refractivity contribution in [3.63, 3.8) is 0 Å². The van der Waals surface area contributed by atoms with Gasteiger partial charge in [-0.15, -0.1) is 0 Å². The van der Waals surface area contributed by atoms with Crippen molar-refractivity contribution in [1.82, 2.24) is 4.90 Å². The highest BCUT2D eigenvalue weighted by atomic mass is 79.9. The summed E-state index contributed by atoms with van der Waals surface area (Å²) < 4.78 is 22.6. The summed E-state index contributed by atoms with van der Waals surface area (Å²) in [6.07, 6.45) is 1.60. The van der Waals surface area contributed by atoms with Gasteiger partial charge in [0.25, 0.3) is 11.1 Å². The maximum Gasteiger partial charge on any atom is 0.343 e. The van der Waals surface area contributed by atoms with Crippen LogP contribution >= 0.6 is 27.7 Å². The van der Waals surface area contributed by atoms with E-state index in [0.29, 0.717) is 21.3 Å². The monoisotopic (exact) mass is 639 g/mol. The van der Waals surface area contributed by atoms with Gasteiger partial charge in [-0.2, -0.15) is 0 Å². The zero-order valence-electron chi connectivity index (χ0n) is 23.4. The Morgan fingerprint density at radius 1 is 1.00 bits per heavy atom. The third-order valence-corrected chi connectivity index (χ3v) is 7.80. The summed E-state index contributed by atoms with van der Waals surface area (Å²) in [4.78, 5) is 39.9. The number of nitrogens with zero attached hydrogens (tertiary/aromatic N) is 1. The molecule has 1 fully saturated rings. The van der Waals surface area contributed by atoms with Crippen LogP contribution in [0.15, 0.2) is 64.0 Å². The molecule has 1 saturated heterocycles. The maximum atomic E-state index is 13.1. The molecule has 10 heteroatoms. The zero-order chi connectivity index (χ0) is 29.7. The summed E-state index contributed by atoms with van der Waals surface area (Å²) in [5.74, 6) is 1.14. The second kappa shape index (κ2) is 13.3. The first kappa shape index (κ1) is 30.2. The van der Waals surface area contributed by atoms with Gasteiger partial charge in [0.15, 0.2) is 11.5 Å². The summed E-state index contributed by atoms with van der Waals surface area (Å²) in [5, 5.41) is -0.366. The van der Waals surface area contributed by atoms with Gasteiger partial charge in [0, 0.05) is 0 Å². The Bertz CT molecular complexity index is 1500. The Balaban J connectivity index is 1.46. The number of amides is 2. The summed E-state index contributed by atoms with van der Waals surface area (Å²) in [5.41, 5.74) is 3.06. The van der Waals surface area contributed by atoms with E-state index in [1.807, 2.05) is 25.1 Å². The van der Waals surface area contributed by atoms with E-state index in [0.717, 1.165) is 28.6 Å². The van der Waals surface area contributed by atoms with E-state index in [9.17, 15) is 14.4 Å². The SMILES string of the molecule is COc1ccc(C(=O)Oc2c(Br)cc(/C=C3\SC(=O)N(CCOc4cc(C)ccc4C(C)C)C3=O)cc2OC)cc1. The van der Waals surface area contributed by atoms with Crippen molar-refractivity contribution in [1.29, 1.82) is 0 Å². The average molecular weight is 641 g/mol. The van der Waals surface area contributed by atoms with Crippen LogP contribution in [0.2, 0.25) is 0 Å². The number of hydrogen-bond acceptors (Lipinski definition) is 8. The van der Waals surface area contributed by atoms with Gasteiger partial charge in [-0.25, -0.2) is 4.79 Å². The zero-order valence-corrected chi connectivity index (χ0v) is 25.8. The highest BCUT2D eigenvalue weighted by molar-refractivity contribution is 9.10. The van der Waals surface area contributed by atoms with Crippen molar-refractivity contribution in [2.45, 2.75) is 26.7 Å². The first-order valence-corrected chi connectivity index (χ1v) is 14.4. The minimum absolute atomic E-state index is 0.126. The molecule has 8 nitrogen and oxygen atoms in total. The molecular weight excluding hydrogens is 610 g/mol. The van der Waals surface area contributed by atoms with Crippen LogP contribution < -0.4 is 18.9 Å². The van der Waals surface area contributed by atoms with Crippen LogP contribution in [0.3, 0.4) is 0 Å². The van der Waals surface area contributed by atoms with Crippen LogP contribution in [0.1, 0.15) is 46.8 Å². The molecule has 1 aliphatic heterocycles. The highest BCUT2D eigenvalue weighted by Crippen LogP contribution is 2.39. The first-order valence-electron chi connectivity index (χ1n) is 12.8. The number of halogens is 1. The van der Waals surface area contributed by atoms with Crippen LogP contribution in [-0.2, 0) is 4.79 Å². The summed E-state index contributed by atoms with van der Waals surface area (Å²) in [6.45, 7) is 6.47. The molecule has 0 saturated carbocycles. The molecule has 0 aliphatic carbocycles. The lowest BCUT2D eigenvalue weighted by Crippen LogP contribution is -2.32. The van der Waals surface area contributed by atoms with Crippen LogP contribution in [0.4, 0.5) is 4.79 Å². The predicted molar refractivity (Wildman–Crippen MR) is 162 cm³/mol. The third kappa shape index (κ3) is 7.12. The Morgan fingerprint density at radius 2 is 1.73 bits per heavy atom. The van der Waals surface area contributed by atoms with Gasteiger partial charge < -0.3 is 18.9 Å². The topological polar surface area (TPSA) is 91.4 Å². The lowest BCUT2D eigenvalue weighted by atomic mass is 10.0. The van der Waals surface area contributed by atoms with Crippen molar-refractivity contribution >= 4 is 50.9 Å². The number of carbonyl (C=O) groups excluding carboxylic acids is 3. The second-order valence-electron chi connectivity index (χ2n) is 9.53. The molecular formula is C31H30BrNO7S. The normalized spacial score (nSPS) is 14.1. The van der Waals surface area contributed by atoms with Gasteiger partial charge >= 0.3 is 5.97 Å². The van der Waals surface area contributed by atoms with Crippen LogP contribution in [0.25, 0.3) is 6.08 Å². The predicted octanol–water partition coefficient (Wildman–Crippen LogP) is 7.23. The number of esters is 1. The van der Waals surface area contributed by atoms with E-state index in [4.69, 9.17) is 18.9 Å².